The lowest BCUT2D eigenvalue weighted by Gasteiger charge is -1.92. The lowest BCUT2D eigenvalue weighted by molar-refractivity contribution is 0.104. The van der Waals surface area contributed by atoms with Gasteiger partial charge in [0.05, 0.1) is 6.20 Å². The van der Waals surface area contributed by atoms with Crippen molar-refractivity contribution in [3.63, 3.8) is 0 Å². The maximum atomic E-state index is 11.7. The van der Waals surface area contributed by atoms with Crippen LogP contribution in [0.5, 0.6) is 0 Å². The van der Waals surface area contributed by atoms with Crippen LogP contribution >= 0.6 is 0 Å². The summed E-state index contributed by atoms with van der Waals surface area (Å²) in [5.74, 6) is 0.00412. The second-order valence-electron chi connectivity index (χ2n) is 3.51. The minimum absolute atomic E-state index is 0.00412. The first-order valence-electron chi connectivity index (χ1n) is 5.02. The van der Waals surface area contributed by atoms with Crippen molar-refractivity contribution < 1.29 is 4.79 Å². The molecule has 0 spiro atoms. The van der Waals surface area contributed by atoms with E-state index in [0.717, 1.165) is 5.56 Å². The van der Waals surface area contributed by atoms with Gasteiger partial charge in [0.1, 0.15) is 0 Å². The summed E-state index contributed by atoms with van der Waals surface area (Å²) in [6.45, 7) is 0. The number of aromatic nitrogens is 2. The highest BCUT2D eigenvalue weighted by molar-refractivity contribution is 6.06. The molecule has 3 nitrogen and oxygen atoms in total. The van der Waals surface area contributed by atoms with Crippen LogP contribution in [0, 0.1) is 0 Å². The number of nitrogens with zero attached hydrogens (tertiary/aromatic N) is 2. The molecule has 0 unspecified atom stereocenters. The number of carbonyl (C=O) groups excluding carboxylic acids is 1. The molecule has 0 saturated carbocycles. The molecular weight excluding hydrogens is 200 g/mol. The van der Waals surface area contributed by atoms with Crippen molar-refractivity contribution in [1.29, 1.82) is 0 Å². The highest BCUT2D eigenvalue weighted by atomic mass is 16.1. The van der Waals surface area contributed by atoms with E-state index in [9.17, 15) is 4.79 Å². The number of benzene rings is 1. The van der Waals surface area contributed by atoms with Crippen molar-refractivity contribution in [2.75, 3.05) is 0 Å². The normalized spacial score (nSPS) is 10.8. The van der Waals surface area contributed by atoms with Crippen LogP contribution in [0.4, 0.5) is 0 Å². The van der Waals surface area contributed by atoms with E-state index >= 15 is 0 Å². The van der Waals surface area contributed by atoms with E-state index in [4.69, 9.17) is 0 Å². The van der Waals surface area contributed by atoms with Gasteiger partial charge >= 0.3 is 0 Å². The van der Waals surface area contributed by atoms with E-state index in [2.05, 4.69) is 5.10 Å². The topological polar surface area (TPSA) is 34.9 Å². The Balaban J connectivity index is 2.11. The van der Waals surface area contributed by atoms with Crippen LogP contribution in [0.1, 0.15) is 15.9 Å². The Labute approximate surface area is 94.0 Å². The van der Waals surface area contributed by atoms with Crippen molar-refractivity contribution >= 4 is 11.9 Å². The van der Waals surface area contributed by atoms with E-state index in [1.165, 1.54) is 0 Å². The standard InChI is InChI=1S/C13H12N2O/c1-15-10-11(9-14-15)7-8-13(16)12-5-3-2-4-6-12/h2-10H,1H3/b8-7+. The minimum Gasteiger partial charge on any atom is -0.289 e. The van der Waals surface area contributed by atoms with E-state index in [-0.39, 0.29) is 5.78 Å². The number of ketones is 1. The molecule has 2 aromatic rings. The number of allylic oxidation sites excluding steroid dienone is 1. The number of hydrogen-bond donors (Lipinski definition) is 0. The average molecular weight is 212 g/mol. The predicted molar refractivity (Wildman–Crippen MR) is 63.0 cm³/mol. The molecule has 0 aliphatic carbocycles. The molecule has 1 aromatic carbocycles. The third kappa shape index (κ3) is 2.45. The van der Waals surface area contributed by atoms with E-state index in [0.29, 0.717) is 5.56 Å². The number of aryl methyl sites for hydroxylation is 1. The number of hydrogen-bond acceptors (Lipinski definition) is 2. The fourth-order valence-corrected chi connectivity index (χ4v) is 1.40. The second kappa shape index (κ2) is 4.57. The summed E-state index contributed by atoms with van der Waals surface area (Å²) in [6, 6.07) is 9.20. The smallest absolute Gasteiger partial charge is 0.185 e. The van der Waals surface area contributed by atoms with Gasteiger partial charge in [-0.15, -0.1) is 0 Å². The third-order valence-electron chi connectivity index (χ3n) is 2.21. The van der Waals surface area contributed by atoms with Crippen LogP contribution in [0.2, 0.25) is 0 Å². The van der Waals surface area contributed by atoms with Crippen molar-refractivity contribution in [1.82, 2.24) is 9.78 Å². The van der Waals surface area contributed by atoms with E-state index in [1.54, 1.807) is 35.2 Å². The predicted octanol–water partition coefficient (Wildman–Crippen LogP) is 2.32. The largest absolute Gasteiger partial charge is 0.289 e. The second-order valence-corrected chi connectivity index (χ2v) is 3.51. The Morgan fingerprint density at radius 2 is 2.06 bits per heavy atom. The first-order valence-corrected chi connectivity index (χ1v) is 5.02. The van der Waals surface area contributed by atoms with Crippen LogP contribution in [0.15, 0.2) is 48.8 Å². The third-order valence-corrected chi connectivity index (χ3v) is 2.21. The fourth-order valence-electron chi connectivity index (χ4n) is 1.40. The zero-order valence-corrected chi connectivity index (χ0v) is 9.00. The van der Waals surface area contributed by atoms with Crippen molar-refractivity contribution in [3.05, 3.63) is 59.9 Å². The Kier molecular flexibility index (Phi) is 2.96. The number of rotatable bonds is 3. The maximum absolute atomic E-state index is 11.7. The van der Waals surface area contributed by atoms with Crippen molar-refractivity contribution in [2.45, 2.75) is 0 Å². The number of carbonyl (C=O) groups is 1. The fraction of sp³-hybridized carbons (Fsp3) is 0.0769. The molecule has 2 rings (SSSR count). The van der Waals surface area contributed by atoms with Crippen LogP contribution in [0.25, 0.3) is 6.08 Å². The van der Waals surface area contributed by atoms with E-state index in [1.807, 2.05) is 31.4 Å². The molecule has 3 heteroatoms. The highest BCUT2D eigenvalue weighted by Crippen LogP contribution is 2.04. The quantitative estimate of drug-likeness (QED) is 0.578. The SMILES string of the molecule is Cn1cc(/C=C/C(=O)c2ccccc2)cn1. The molecule has 1 heterocycles. The van der Waals surface area contributed by atoms with Gasteiger partial charge in [0.15, 0.2) is 5.78 Å². The summed E-state index contributed by atoms with van der Waals surface area (Å²) in [7, 11) is 1.84. The van der Waals surface area contributed by atoms with Gasteiger partial charge in [0, 0.05) is 24.4 Å². The molecule has 0 bridgehead atoms. The summed E-state index contributed by atoms with van der Waals surface area (Å²) < 4.78 is 1.70. The van der Waals surface area contributed by atoms with Crippen LogP contribution in [-0.2, 0) is 7.05 Å². The first-order chi connectivity index (χ1) is 7.75. The summed E-state index contributed by atoms with van der Waals surface area (Å²) in [6.07, 6.45) is 6.90. The maximum Gasteiger partial charge on any atom is 0.185 e. The van der Waals surface area contributed by atoms with Gasteiger partial charge in [-0.05, 0) is 12.2 Å². The molecular formula is C13H12N2O. The Morgan fingerprint density at radius 1 is 1.31 bits per heavy atom. The summed E-state index contributed by atoms with van der Waals surface area (Å²) in [5.41, 5.74) is 1.62. The van der Waals surface area contributed by atoms with Crippen molar-refractivity contribution in [2.24, 2.45) is 7.05 Å². The monoisotopic (exact) mass is 212 g/mol. The van der Waals surface area contributed by atoms with Gasteiger partial charge in [0.25, 0.3) is 0 Å². The molecule has 0 fully saturated rings. The molecule has 80 valence electrons. The molecule has 0 amide bonds. The van der Waals surface area contributed by atoms with Crippen LogP contribution in [-0.4, -0.2) is 15.6 Å². The molecule has 0 aliphatic heterocycles. The van der Waals surface area contributed by atoms with E-state index < -0.39 is 0 Å². The lowest BCUT2D eigenvalue weighted by Crippen LogP contribution is -1.92. The zero-order chi connectivity index (χ0) is 11.4. The van der Waals surface area contributed by atoms with Gasteiger partial charge in [-0.3, -0.25) is 9.48 Å². The minimum atomic E-state index is 0.00412. The van der Waals surface area contributed by atoms with Gasteiger partial charge in [-0.1, -0.05) is 30.3 Å². The Bertz CT molecular complexity index is 512. The molecule has 16 heavy (non-hydrogen) atoms. The molecule has 0 saturated heterocycles. The zero-order valence-electron chi connectivity index (χ0n) is 9.00. The first kappa shape index (κ1) is 10.4. The molecule has 0 aliphatic rings. The molecule has 0 N–H and O–H groups in total. The summed E-state index contributed by atoms with van der Waals surface area (Å²) >= 11 is 0. The average Bonchev–Trinajstić information content (AvgIpc) is 2.73. The Morgan fingerprint density at radius 3 is 2.69 bits per heavy atom. The summed E-state index contributed by atoms with van der Waals surface area (Å²) in [4.78, 5) is 11.7. The van der Waals surface area contributed by atoms with Crippen molar-refractivity contribution in [3.8, 4) is 0 Å². The summed E-state index contributed by atoms with van der Waals surface area (Å²) in [5, 5.41) is 4.02. The van der Waals surface area contributed by atoms with Crippen LogP contribution in [0.3, 0.4) is 0 Å². The van der Waals surface area contributed by atoms with Gasteiger partial charge in [-0.25, -0.2) is 0 Å². The van der Waals surface area contributed by atoms with Gasteiger partial charge in [0.2, 0.25) is 0 Å². The Hall–Kier alpha value is -2.16. The molecule has 0 atom stereocenters. The van der Waals surface area contributed by atoms with Gasteiger partial charge in [-0.2, -0.15) is 5.10 Å². The lowest BCUT2D eigenvalue weighted by atomic mass is 10.1. The molecule has 1 aromatic heterocycles. The van der Waals surface area contributed by atoms with Crippen LogP contribution < -0.4 is 0 Å². The van der Waals surface area contributed by atoms with Gasteiger partial charge < -0.3 is 0 Å². The highest BCUT2D eigenvalue weighted by Gasteiger charge is 1.99. The molecule has 0 radical (unpaired) electrons.